The summed E-state index contributed by atoms with van der Waals surface area (Å²) >= 11 is 1.42. The number of ether oxygens (including phenoxy) is 2. The van der Waals surface area contributed by atoms with Gasteiger partial charge in [0.1, 0.15) is 11.1 Å². The molecular formula is C17H16N4O3S. The normalized spacial score (nSPS) is 13.4. The number of anilines is 1. The molecule has 2 aromatic rings. The molecular weight excluding hydrogens is 340 g/mol. The fourth-order valence-electron chi connectivity index (χ4n) is 2.12. The van der Waals surface area contributed by atoms with Gasteiger partial charge in [0, 0.05) is 12.0 Å². The SMILES string of the molecule is COc1cc(/C=C/C(=O)Nc2nnc(C3CC3)s2)ccc1OCC#N. The van der Waals surface area contributed by atoms with Crippen LogP contribution in [-0.4, -0.2) is 29.8 Å². The van der Waals surface area contributed by atoms with E-state index in [0.717, 1.165) is 23.4 Å². The Morgan fingerprint density at radius 2 is 2.28 bits per heavy atom. The monoisotopic (exact) mass is 356 g/mol. The molecule has 25 heavy (non-hydrogen) atoms. The van der Waals surface area contributed by atoms with Crippen molar-refractivity contribution >= 4 is 28.5 Å². The van der Waals surface area contributed by atoms with E-state index in [-0.39, 0.29) is 12.5 Å². The van der Waals surface area contributed by atoms with Gasteiger partial charge in [-0.3, -0.25) is 10.1 Å². The summed E-state index contributed by atoms with van der Waals surface area (Å²) in [5.74, 6) is 1.22. The Balaban J connectivity index is 1.61. The number of nitriles is 1. The maximum atomic E-state index is 12.0. The van der Waals surface area contributed by atoms with Crippen molar-refractivity contribution < 1.29 is 14.3 Å². The zero-order chi connectivity index (χ0) is 17.6. The van der Waals surface area contributed by atoms with Crippen LogP contribution in [0.2, 0.25) is 0 Å². The van der Waals surface area contributed by atoms with Crippen LogP contribution in [0.4, 0.5) is 5.13 Å². The molecule has 3 rings (SSSR count). The average Bonchev–Trinajstić information content (AvgIpc) is 3.38. The highest BCUT2D eigenvalue weighted by Crippen LogP contribution is 2.42. The molecule has 1 aliphatic carbocycles. The molecule has 0 saturated heterocycles. The van der Waals surface area contributed by atoms with Crippen LogP contribution in [0, 0.1) is 11.3 Å². The molecule has 1 aromatic heterocycles. The highest BCUT2D eigenvalue weighted by atomic mass is 32.1. The molecule has 1 aliphatic rings. The van der Waals surface area contributed by atoms with Gasteiger partial charge in [0.15, 0.2) is 18.1 Å². The number of hydrogen-bond donors (Lipinski definition) is 1. The van der Waals surface area contributed by atoms with E-state index in [0.29, 0.717) is 22.5 Å². The van der Waals surface area contributed by atoms with E-state index < -0.39 is 0 Å². The Bertz CT molecular complexity index is 837. The third-order valence-electron chi connectivity index (χ3n) is 3.50. The number of benzene rings is 1. The van der Waals surface area contributed by atoms with E-state index in [1.165, 1.54) is 24.5 Å². The van der Waals surface area contributed by atoms with E-state index in [2.05, 4.69) is 15.5 Å². The van der Waals surface area contributed by atoms with Gasteiger partial charge < -0.3 is 9.47 Å². The van der Waals surface area contributed by atoms with Crippen LogP contribution >= 0.6 is 11.3 Å². The molecule has 0 spiro atoms. The summed E-state index contributed by atoms with van der Waals surface area (Å²) in [6.07, 6.45) is 5.38. The second kappa shape index (κ2) is 7.77. The van der Waals surface area contributed by atoms with E-state index in [1.54, 1.807) is 24.3 Å². The Hall–Kier alpha value is -2.92. The Kier molecular flexibility index (Phi) is 5.26. The molecule has 1 N–H and O–H groups in total. The van der Waals surface area contributed by atoms with Crippen molar-refractivity contribution in [2.24, 2.45) is 0 Å². The van der Waals surface area contributed by atoms with Crippen molar-refractivity contribution in [3.63, 3.8) is 0 Å². The second-order valence-electron chi connectivity index (χ2n) is 5.40. The van der Waals surface area contributed by atoms with E-state index in [4.69, 9.17) is 14.7 Å². The Morgan fingerprint density at radius 1 is 1.44 bits per heavy atom. The largest absolute Gasteiger partial charge is 0.493 e. The van der Waals surface area contributed by atoms with Gasteiger partial charge in [-0.25, -0.2) is 0 Å². The predicted octanol–water partition coefficient (Wildman–Crippen LogP) is 2.98. The first-order chi connectivity index (χ1) is 12.2. The molecule has 128 valence electrons. The van der Waals surface area contributed by atoms with Crippen molar-refractivity contribution in [2.45, 2.75) is 18.8 Å². The van der Waals surface area contributed by atoms with Gasteiger partial charge in [-0.2, -0.15) is 5.26 Å². The van der Waals surface area contributed by atoms with Gasteiger partial charge in [0.05, 0.1) is 7.11 Å². The standard InChI is InChI=1S/C17H16N4O3S/c1-23-14-10-11(2-6-13(14)24-9-8-18)3-7-15(22)19-17-21-20-16(25-17)12-4-5-12/h2-3,6-7,10,12H,4-5,9H2,1H3,(H,19,21,22)/b7-3+. The van der Waals surface area contributed by atoms with Crippen LogP contribution in [0.5, 0.6) is 11.5 Å². The zero-order valence-electron chi connectivity index (χ0n) is 13.6. The molecule has 1 fully saturated rings. The van der Waals surface area contributed by atoms with Gasteiger partial charge in [0.2, 0.25) is 11.0 Å². The quantitative estimate of drug-likeness (QED) is 0.766. The maximum Gasteiger partial charge on any atom is 0.250 e. The number of nitrogens with zero attached hydrogens (tertiary/aromatic N) is 3. The number of rotatable bonds is 7. The average molecular weight is 356 g/mol. The lowest BCUT2D eigenvalue weighted by Crippen LogP contribution is -2.07. The molecule has 0 atom stereocenters. The highest BCUT2D eigenvalue weighted by Gasteiger charge is 2.27. The molecule has 0 radical (unpaired) electrons. The molecule has 8 heteroatoms. The van der Waals surface area contributed by atoms with Crippen molar-refractivity contribution in [2.75, 3.05) is 19.0 Å². The van der Waals surface area contributed by atoms with Crippen LogP contribution < -0.4 is 14.8 Å². The van der Waals surface area contributed by atoms with Gasteiger partial charge >= 0.3 is 0 Å². The van der Waals surface area contributed by atoms with Gasteiger partial charge in [0.25, 0.3) is 0 Å². The molecule has 7 nitrogen and oxygen atoms in total. The summed E-state index contributed by atoms with van der Waals surface area (Å²) < 4.78 is 10.5. The Morgan fingerprint density at radius 3 is 3.00 bits per heavy atom. The number of carbonyl (C=O) groups excluding carboxylic acids is 1. The van der Waals surface area contributed by atoms with Crippen LogP contribution in [0.15, 0.2) is 24.3 Å². The number of aromatic nitrogens is 2. The minimum atomic E-state index is -0.276. The Labute approximate surface area is 148 Å². The van der Waals surface area contributed by atoms with Crippen LogP contribution in [-0.2, 0) is 4.79 Å². The lowest BCUT2D eigenvalue weighted by molar-refractivity contribution is -0.111. The summed E-state index contributed by atoms with van der Waals surface area (Å²) in [5.41, 5.74) is 0.771. The molecule has 0 aliphatic heterocycles. The number of methoxy groups -OCH3 is 1. The van der Waals surface area contributed by atoms with E-state index in [9.17, 15) is 4.79 Å². The summed E-state index contributed by atoms with van der Waals surface area (Å²) in [6.45, 7) is -0.0569. The lowest BCUT2D eigenvalue weighted by atomic mass is 10.2. The first-order valence-electron chi connectivity index (χ1n) is 7.70. The number of amides is 1. The van der Waals surface area contributed by atoms with Gasteiger partial charge in [-0.15, -0.1) is 10.2 Å². The van der Waals surface area contributed by atoms with Crippen LogP contribution in [0.1, 0.15) is 29.3 Å². The number of carbonyl (C=O) groups is 1. The lowest BCUT2D eigenvalue weighted by Gasteiger charge is -2.08. The smallest absolute Gasteiger partial charge is 0.250 e. The molecule has 1 saturated carbocycles. The number of hydrogen-bond acceptors (Lipinski definition) is 7. The van der Waals surface area contributed by atoms with E-state index >= 15 is 0 Å². The van der Waals surface area contributed by atoms with Crippen molar-refractivity contribution in [1.29, 1.82) is 5.26 Å². The van der Waals surface area contributed by atoms with Crippen molar-refractivity contribution in [3.05, 3.63) is 34.8 Å². The fourth-order valence-corrected chi connectivity index (χ4v) is 3.03. The predicted molar refractivity (Wildman–Crippen MR) is 93.6 cm³/mol. The van der Waals surface area contributed by atoms with Gasteiger partial charge in [-0.1, -0.05) is 17.4 Å². The van der Waals surface area contributed by atoms with Gasteiger partial charge in [-0.05, 0) is 36.6 Å². The molecule has 1 heterocycles. The number of nitrogens with one attached hydrogen (secondary N) is 1. The minimum absolute atomic E-state index is 0.0569. The molecule has 1 aromatic carbocycles. The highest BCUT2D eigenvalue weighted by molar-refractivity contribution is 7.15. The molecule has 0 unspecified atom stereocenters. The van der Waals surface area contributed by atoms with Crippen molar-refractivity contribution in [1.82, 2.24) is 10.2 Å². The molecule has 0 bridgehead atoms. The van der Waals surface area contributed by atoms with Crippen LogP contribution in [0.3, 0.4) is 0 Å². The third-order valence-corrected chi connectivity index (χ3v) is 4.51. The summed E-state index contributed by atoms with van der Waals surface area (Å²) in [6, 6.07) is 7.10. The minimum Gasteiger partial charge on any atom is -0.493 e. The fraction of sp³-hybridized carbons (Fsp3) is 0.294. The summed E-state index contributed by atoms with van der Waals surface area (Å²) in [5, 5.41) is 20.8. The first kappa shape index (κ1) is 16.9. The topological polar surface area (TPSA) is 97.1 Å². The third kappa shape index (κ3) is 4.55. The first-order valence-corrected chi connectivity index (χ1v) is 8.51. The van der Waals surface area contributed by atoms with E-state index in [1.807, 2.05) is 6.07 Å². The summed E-state index contributed by atoms with van der Waals surface area (Å²) in [7, 11) is 1.52. The zero-order valence-corrected chi connectivity index (χ0v) is 14.4. The maximum absolute atomic E-state index is 12.0. The van der Waals surface area contributed by atoms with Crippen molar-refractivity contribution in [3.8, 4) is 17.6 Å². The van der Waals surface area contributed by atoms with Crippen LogP contribution in [0.25, 0.3) is 6.08 Å². The summed E-state index contributed by atoms with van der Waals surface area (Å²) in [4.78, 5) is 12.0. The second-order valence-corrected chi connectivity index (χ2v) is 6.41. The molecule has 1 amide bonds.